The second-order valence-electron chi connectivity index (χ2n) is 4.95. The van der Waals surface area contributed by atoms with Crippen molar-refractivity contribution in [3.63, 3.8) is 0 Å². The summed E-state index contributed by atoms with van der Waals surface area (Å²) >= 11 is 0. The van der Waals surface area contributed by atoms with Crippen LogP contribution in [0.2, 0.25) is 0 Å². The van der Waals surface area contributed by atoms with Gasteiger partial charge in [0.15, 0.2) is 0 Å². The maximum Gasteiger partial charge on any atom is 0.335 e. The molecule has 2 rings (SSSR count). The molecular weight excluding hydrogens is 268 g/mol. The normalized spacial score (nSPS) is 10.6. The summed E-state index contributed by atoms with van der Waals surface area (Å²) < 4.78 is 1.76. The highest BCUT2D eigenvalue weighted by Gasteiger charge is 2.08. The van der Waals surface area contributed by atoms with Gasteiger partial charge in [-0.3, -0.25) is 4.68 Å². The highest BCUT2D eigenvalue weighted by atomic mass is 16.4. The van der Waals surface area contributed by atoms with Gasteiger partial charge in [-0.25, -0.2) is 9.78 Å². The molecule has 6 heteroatoms. The Hall–Kier alpha value is -2.37. The lowest BCUT2D eigenvalue weighted by molar-refractivity contribution is 0.0696. The molecule has 0 spiro atoms. The Morgan fingerprint density at radius 2 is 2.14 bits per heavy atom. The first-order valence-electron chi connectivity index (χ1n) is 7.05. The molecule has 0 saturated carbocycles. The molecule has 0 aliphatic rings. The molecule has 0 aliphatic carbocycles. The lowest BCUT2D eigenvalue weighted by Crippen LogP contribution is -2.10. The van der Waals surface area contributed by atoms with E-state index < -0.39 is 5.97 Å². The highest BCUT2D eigenvalue weighted by Crippen LogP contribution is 2.12. The smallest absolute Gasteiger partial charge is 0.335 e. The van der Waals surface area contributed by atoms with Gasteiger partial charge >= 0.3 is 5.97 Å². The summed E-state index contributed by atoms with van der Waals surface area (Å²) in [6.07, 6.45) is 4.38. The molecule has 0 aromatic carbocycles. The highest BCUT2D eigenvalue weighted by molar-refractivity contribution is 5.88. The van der Waals surface area contributed by atoms with Crippen molar-refractivity contribution in [2.75, 3.05) is 11.9 Å². The number of pyridine rings is 1. The van der Waals surface area contributed by atoms with Crippen LogP contribution in [0.1, 0.15) is 35.1 Å². The first-order valence-corrected chi connectivity index (χ1v) is 7.05. The van der Waals surface area contributed by atoms with E-state index in [9.17, 15) is 4.79 Å². The average Bonchev–Trinajstić information content (AvgIpc) is 2.84. The van der Waals surface area contributed by atoms with E-state index in [0.717, 1.165) is 30.7 Å². The number of carboxylic acids is 1. The Kier molecular flexibility index (Phi) is 4.92. The summed E-state index contributed by atoms with van der Waals surface area (Å²) in [6, 6.07) is 5.17. The average molecular weight is 288 g/mol. The molecule has 2 heterocycles. The molecule has 0 bridgehead atoms. The van der Waals surface area contributed by atoms with Crippen LogP contribution >= 0.6 is 0 Å². The van der Waals surface area contributed by atoms with Crippen LogP contribution in [0.4, 0.5) is 5.82 Å². The Morgan fingerprint density at radius 1 is 1.33 bits per heavy atom. The number of hydrogen-bond donors (Lipinski definition) is 2. The minimum Gasteiger partial charge on any atom is -0.478 e. The van der Waals surface area contributed by atoms with Crippen molar-refractivity contribution in [2.24, 2.45) is 7.05 Å². The quantitative estimate of drug-likeness (QED) is 0.815. The van der Waals surface area contributed by atoms with Crippen molar-refractivity contribution in [3.8, 4) is 0 Å². The Labute approximate surface area is 123 Å². The second-order valence-corrected chi connectivity index (χ2v) is 4.95. The van der Waals surface area contributed by atoms with Crippen molar-refractivity contribution >= 4 is 11.8 Å². The molecule has 112 valence electrons. The van der Waals surface area contributed by atoms with Crippen LogP contribution in [0.25, 0.3) is 0 Å². The molecule has 0 fully saturated rings. The molecule has 0 aliphatic heterocycles. The summed E-state index contributed by atoms with van der Waals surface area (Å²) in [5.41, 5.74) is 2.07. The van der Waals surface area contributed by atoms with E-state index in [1.807, 2.05) is 26.2 Å². The van der Waals surface area contributed by atoms with E-state index in [2.05, 4.69) is 15.4 Å². The van der Waals surface area contributed by atoms with Crippen LogP contribution in [0, 0.1) is 0 Å². The molecule has 2 aromatic heterocycles. The maximum atomic E-state index is 11.1. The van der Waals surface area contributed by atoms with E-state index in [-0.39, 0.29) is 5.56 Å². The van der Waals surface area contributed by atoms with Gasteiger partial charge in [-0.05, 0) is 24.6 Å². The summed E-state index contributed by atoms with van der Waals surface area (Å²) in [4.78, 5) is 15.6. The number of rotatable bonds is 7. The third-order valence-electron chi connectivity index (χ3n) is 3.09. The van der Waals surface area contributed by atoms with Crippen molar-refractivity contribution in [2.45, 2.75) is 26.2 Å². The molecular formula is C15H20N4O2. The fourth-order valence-corrected chi connectivity index (χ4v) is 2.10. The maximum absolute atomic E-state index is 11.1. The zero-order valence-electron chi connectivity index (χ0n) is 12.3. The first-order chi connectivity index (χ1) is 10.1. The minimum absolute atomic E-state index is 0.272. The van der Waals surface area contributed by atoms with Crippen molar-refractivity contribution in [3.05, 3.63) is 41.3 Å². The topological polar surface area (TPSA) is 80.0 Å². The van der Waals surface area contributed by atoms with Crippen LogP contribution in [-0.4, -0.2) is 32.4 Å². The van der Waals surface area contributed by atoms with Gasteiger partial charge < -0.3 is 10.4 Å². The second kappa shape index (κ2) is 6.88. The largest absolute Gasteiger partial charge is 0.478 e. The van der Waals surface area contributed by atoms with Gasteiger partial charge in [-0.15, -0.1) is 0 Å². The molecule has 0 atom stereocenters. The fourth-order valence-electron chi connectivity index (χ4n) is 2.10. The van der Waals surface area contributed by atoms with Crippen LogP contribution < -0.4 is 5.32 Å². The Bertz CT molecular complexity index is 622. The third kappa shape index (κ3) is 4.30. The van der Waals surface area contributed by atoms with Gasteiger partial charge in [-0.1, -0.05) is 13.3 Å². The van der Waals surface area contributed by atoms with Crippen molar-refractivity contribution in [1.29, 1.82) is 0 Å². The Morgan fingerprint density at radius 3 is 2.76 bits per heavy atom. The fraction of sp³-hybridized carbons (Fsp3) is 0.400. The number of aromatic nitrogens is 3. The predicted molar refractivity (Wildman–Crippen MR) is 80.6 cm³/mol. The van der Waals surface area contributed by atoms with E-state index in [1.165, 1.54) is 0 Å². The van der Waals surface area contributed by atoms with Gasteiger partial charge in [-0.2, -0.15) is 5.10 Å². The lowest BCUT2D eigenvalue weighted by atomic mass is 10.1. The van der Waals surface area contributed by atoms with Gasteiger partial charge in [0, 0.05) is 31.9 Å². The number of carboxylic acid groups (broad SMARTS) is 1. The summed E-state index contributed by atoms with van der Waals surface area (Å²) in [5.74, 6) is -0.322. The predicted octanol–water partition coefficient (Wildman–Crippen LogP) is 2.12. The third-order valence-corrected chi connectivity index (χ3v) is 3.09. The molecule has 0 unspecified atom stereocenters. The monoisotopic (exact) mass is 288 g/mol. The van der Waals surface area contributed by atoms with E-state index in [1.54, 1.807) is 16.8 Å². The molecule has 0 saturated heterocycles. The molecule has 2 N–H and O–H groups in total. The number of nitrogens with one attached hydrogen (secondary N) is 1. The zero-order valence-corrected chi connectivity index (χ0v) is 12.3. The van der Waals surface area contributed by atoms with Gasteiger partial charge in [0.2, 0.25) is 0 Å². The van der Waals surface area contributed by atoms with Gasteiger partial charge in [0.1, 0.15) is 5.82 Å². The molecule has 2 aromatic rings. The molecule has 0 radical (unpaired) electrons. The standard InChI is InChI=1S/C15H20N4O2/c1-3-4-13-9-11(15(20)21)10-14(17-13)16-7-5-12-6-8-19(2)18-12/h6,8-10H,3-5,7H2,1-2H3,(H,16,17)(H,20,21). The van der Waals surface area contributed by atoms with E-state index in [0.29, 0.717) is 12.4 Å². The Balaban J connectivity index is 2.02. The van der Waals surface area contributed by atoms with Crippen LogP contribution in [0.15, 0.2) is 24.4 Å². The van der Waals surface area contributed by atoms with E-state index >= 15 is 0 Å². The SMILES string of the molecule is CCCc1cc(C(=O)O)cc(NCCc2ccn(C)n2)n1. The van der Waals surface area contributed by atoms with Crippen molar-refractivity contribution in [1.82, 2.24) is 14.8 Å². The van der Waals surface area contributed by atoms with Crippen LogP contribution in [0.3, 0.4) is 0 Å². The number of nitrogens with zero attached hydrogens (tertiary/aromatic N) is 3. The van der Waals surface area contributed by atoms with Crippen LogP contribution in [0.5, 0.6) is 0 Å². The summed E-state index contributed by atoms with van der Waals surface area (Å²) in [6.45, 7) is 2.71. The number of aromatic carboxylic acids is 1. The van der Waals surface area contributed by atoms with Gasteiger partial charge in [0.05, 0.1) is 11.3 Å². The number of anilines is 1. The zero-order chi connectivity index (χ0) is 15.2. The molecule has 0 amide bonds. The number of hydrogen-bond acceptors (Lipinski definition) is 4. The van der Waals surface area contributed by atoms with Gasteiger partial charge in [0.25, 0.3) is 0 Å². The lowest BCUT2D eigenvalue weighted by Gasteiger charge is -2.08. The molecule has 6 nitrogen and oxygen atoms in total. The molecule has 21 heavy (non-hydrogen) atoms. The van der Waals surface area contributed by atoms with Crippen LogP contribution in [-0.2, 0) is 19.9 Å². The summed E-state index contributed by atoms with van der Waals surface area (Å²) in [7, 11) is 1.88. The number of carbonyl (C=O) groups is 1. The van der Waals surface area contributed by atoms with Crippen molar-refractivity contribution < 1.29 is 9.90 Å². The summed E-state index contributed by atoms with van der Waals surface area (Å²) in [5, 5.41) is 16.6. The first kappa shape index (κ1) is 15.0. The minimum atomic E-state index is -0.928. The number of aryl methyl sites for hydroxylation is 2. The van der Waals surface area contributed by atoms with E-state index in [4.69, 9.17) is 5.11 Å².